The van der Waals surface area contributed by atoms with Crippen LogP contribution < -0.4 is 18.9 Å². The summed E-state index contributed by atoms with van der Waals surface area (Å²) in [5.74, 6) is 3.29. The molecule has 1 aliphatic carbocycles. The van der Waals surface area contributed by atoms with Crippen LogP contribution in [0.2, 0.25) is 0 Å². The Labute approximate surface area is 162 Å². The fourth-order valence-corrected chi connectivity index (χ4v) is 3.51. The summed E-state index contributed by atoms with van der Waals surface area (Å²) < 4.78 is 24.4. The molecule has 2 aromatic carbocycles. The Morgan fingerprint density at radius 2 is 1.37 bits per heavy atom. The van der Waals surface area contributed by atoms with Crippen LogP contribution in [0.25, 0.3) is 11.1 Å². The van der Waals surface area contributed by atoms with Crippen LogP contribution in [-0.2, 0) is 6.42 Å². The Bertz CT molecular complexity index is 795. The van der Waals surface area contributed by atoms with Crippen LogP contribution in [0.5, 0.6) is 23.0 Å². The molecule has 4 nitrogen and oxygen atoms in total. The molecule has 3 rings (SSSR count). The van der Waals surface area contributed by atoms with Gasteiger partial charge >= 0.3 is 0 Å². The zero-order valence-corrected chi connectivity index (χ0v) is 17.1. The van der Waals surface area contributed by atoms with Crippen LogP contribution in [0.15, 0.2) is 24.3 Å². The number of hydrogen-bond donors (Lipinski definition) is 0. The summed E-state index contributed by atoms with van der Waals surface area (Å²) in [4.78, 5) is 0. The van der Waals surface area contributed by atoms with E-state index in [4.69, 9.17) is 18.9 Å². The molecule has 0 aromatic heterocycles. The number of rotatable bonds is 9. The topological polar surface area (TPSA) is 36.9 Å². The average Bonchev–Trinajstić information content (AvgIpc) is 3.03. The van der Waals surface area contributed by atoms with Crippen molar-refractivity contribution >= 4 is 0 Å². The molecular formula is C23H30O4. The van der Waals surface area contributed by atoms with Crippen molar-refractivity contribution in [2.24, 2.45) is 5.92 Å². The third-order valence-corrected chi connectivity index (χ3v) is 4.50. The molecule has 2 aromatic rings. The number of fused-ring (bicyclic) bond motifs is 3. The van der Waals surface area contributed by atoms with E-state index in [2.05, 4.69) is 38.1 Å². The highest BCUT2D eigenvalue weighted by molar-refractivity contribution is 5.89. The molecule has 0 saturated carbocycles. The van der Waals surface area contributed by atoms with Crippen molar-refractivity contribution in [2.75, 3.05) is 26.4 Å². The molecule has 0 spiro atoms. The molecule has 27 heavy (non-hydrogen) atoms. The highest BCUT2D eigenvalue weighted by atomic mass is 16.6. The van der Waals surface area contributed by atoms with Gasteiger partial charge in [0.15, 0.2) is 11.5 Å². The van der Waals surface area contributed by atoms with Gasteiger partial charge in [0.1, 0.15) is 0 Å². The van der Waals surface area contributed by atoms with Crippen LogP contribution in [-0.4, -0.2) is 26.4 Å². The molecular weight excluding hydrogens is 340 g/mol. The zero-order valence-electron chi connectivity index (χ0n) is 17.1. The Hall–Kier alpha value is -2.36. The maximum absolute atomic E-state index is 6.28. The predicted molar refractivity (Wildman–Crippen MR) is 109 cm³/mol. The van der Waals surface area contributed by atoms with Crippen molar-refractivity contribution in [3.63, 3.8) is 0 Å². The van der Waals surface area contributed by atoms with E-state index in [1.165, 1.54) is 11.1 Å². The highest BCUT2D eigenvalue weighted by Gasteiger charge is 2.33. The molecule has 0 bridgehead atoms. The minimum Gasteiger partial charge on any atom is -0.489 e. The van der Waals surface area contributed by atoms with E-state index >= 15 is 0 Å². The molecule has 0 saturated heterocycles. The van der Waals surface area contributed by atoms with Crippen molar-refractivity contribution in [1.29, 1.82) is 0 Å². The molecule has 0 amide bonds. The fraction of sp³-hybridized carbons (Fsp3) is 0.478. The second-order valence-electron chi connectivity index (χ2n) is 7.01. The Morgan fingerprint density at radius 3 is 2.00 bits per heavy atom. The second kappa shape index (κ2) is 8.55. The van der Waals surface area contributed by atoms with Gasteiger partial charge in [0.2, 0.25) is 11.5 Å². The van der Waals surface area contributed by atoms with E-state index in [1.807, 2.05) is 20.8 Å². The Morgan fingerprint density at radius 1 is 0.778 bits per heavy atom. The van der Waals surface area contributed by atoms with Gasteiger partial charge in [0.25, 0.3) is 0 Å². The molecule has 0 fully saturated rings. The van der Waals surface area contributed by atoms with Gasteiger partial charge in [-0.2, -0.15) is 0 Å². The Balaban J connectivity index is 2.28. The van der Waals surface area contributed by atoms with Crippen LogP contribution in [0, 0.1) is 5.92 Å². The van der Waals surface area contributed by atoms with Gasteiger partial charge < -0.3 is 18.9 Å². The van der Waals surface area contributed by atoms with Gasteiger partial charge in [-0.15, -0.1) is 0 Å². The van der Waals surface area contributed by atoms with Crippen molar-refractivity contribution in [3.05, 3.63) is 35.4 Å². The smallest absolute Gasteiger partial charge is 0.208 e. The minimum atomic E-state index is 0.418. The molecule has 0 N–H and O–H groups in total. The first-order chi connectivity index (χ1) is 13.1. The van der Waals surface area contributed by atoms with Crippen LogP contribution in [0.3, 0.4) is 0 Å². The molecule has 1 aliphatic rings. The summed E-state index contributed by atoms with van der Waals surface area (Å²) in [6, 6.07) is 8.45. The maximum Gasteiger partial charge on any atom is 0.208 e. The lowest BCUT2D eigenvalue weighted by Crippen LogP contribution is -2.11. The van der Waals surface area contributed by atoms with Crippen LogP contribution in [0.4, 0.5) is 0 Å². The van der Waals surface area contributed by atoms with Crippen LogP contribution in [0.1, 0.15) is 45.7 Å². The summed E-state index contributed by atoms with van der Waals surface area (Å²) in [6.07, 6.45) is 0.811. The molecule has 0 atom stereocenters. The van der Waals surface area contributed by atoms with E-state index in [0.717, 1.165) is 29.0 Å². The molecule has 0 radical (unpaired) electrons. The largest absolute Gasteiger partial charge is 0.489 e. The van der Waals surface area contributed by atoms with Gasteiger partial charge in [-0.1, -0.05) is 38.1 Å². The quantitative estimate of drug-likeness (QED) is 0.499. The summed E-state index contributed by atoms with van der Waals surface area (Å²) in [7, 11) is 0. The van der Waals surface area contributed by atoms with Crippen molar-refractivity contribution in [1.82, 2.24) is 0 Å². The molecule has 0 aliphatic heterocycles. The van der Waals surface area contributed by atoms with E-state index < -0.39 is 0 Å². The standard InChI is InChI=1S/C23H30O4/c1-6-24-21-19-17-12-10-9-11-16(17)13-18(19)20(27-14-15(4)5)22(25-7-2)23(21)26-8-3/h9-12,15H,6-8,13-14H2,1-5H3. The van der Waals surface area contributed by atoms with E-state index in [9.17, 15) is 0 Å². The van der Waals surface area contributed by atoms with Crippen LogP contribution >= 0.6 is 0 Å². The monoisotopic (exact) mass is 370 g/mol. The highest BCUT2D eigenvalue weighted by Crippen LogP contribution is 2.57. The second-order valence-corrected chi connectivity index (χ2v) is 7.01. The maximum atomic E-state index is 6.28. The van der Waals surface area contributed by atoms with Gasteiger partial charge in [-0.05, 0) is 37.8 Å². The lowest BCUT2D eigenvalue weighted by atomic mass is 10.0. The van der Waals surface area contributed by atoms with Crippen molar-refractivity contribution in [3.8, 4) is 34.1 Å². The fourth-order valence-electron chi connectivity index (χ4n) is 3.51. The van der Waals surface area contributed by atoms with E-state index in [0.29, 0.717) is 43.8 Å². The van der Waals surface area contributed by atoms with Gasteiger partial charge in [0.05, 0.1) is 26.4 Å². The SMILES string of the molecule is CCOc1c(OCC(C)C)c2c(c(OCC)c1OCC)-c1ccccc1C2. The molecule has 0 heterocycles. The van der Waals surface area contributed by atoms with E-state index in [1.54, 1.807) is 0 Å². The first-order valence-electron chi connectivity index (χ1n) is 9.94. The first kappa shape index (κ1) is 19.4. The average molecular weight is 370 g/mol. The Kier molecular flexibility index (Phi) is 6.15. The number of ether oxygens (including phenoxy) is 4. The molecule has 4 heteroatoms. The third kappa shape index (κ3) is 3.71. The van der Waals surface area contributed by atoms with E-state index in [-0.39, 0.29) is 0 Å². The zero-order chi connectivity index (χ0) is 19.4. The third-order valence-electron chi connectivity index (χ3n) is 4.50. The lowest BCUT2D eigenvalue weighted by molar-refractivity contribution is 0.227. The van der Waals surface area contributed by atoms with Crippen molar-refractivity contribution < 1.29 is 18.9 Å². The molecule has 146 valence electrons. The van der Waals surface area contributed by atoms with Gasteiger partial charge in [-0.25, -0.2) is 0 Å². The van der Waals surface area contributed by atoms with Crippen molar-refractivity contribution in [2.45, 2.75) is 41.0 Å². The van der Waals surface area contributed by atoms with Gasteiger partial charge in [-0.3, -0.25) is 0 Å². The minimum absolute atomic E-state index is 0.418. The number of hydrogen-bond acceptors (Lipinski definition) is 4. The number of benzene rings is 2. The molecule has 0 unspecified atom stereocenters. The summed E-state index contributed by atoms with van der Waals surface area (Å²) in [5, 5.41) is 0. The van der Waals surface area contributed by atoms with Gasteiger partial charge in [0, 0.05) is 17.5 Å². The summed E-state index contributed by atoms with van der Waals surface area (Å²) in [5.41, 5.74) is 4.68. The lowest BCUT2D eigenvalue weighted by Gasteiger charge is -2.23. The summed E-state index contributed by atoms with van der Waals surface area (Å²) >= 11 is 0. The first-order valence-corrected chi connectivity index (χ1v) is 9.94. The predicted octanol–water partition coefficient (Wildman–Crippen LogP) is 5.49. The normalized spacial score (nSPS) is 11.9. The summed E-state index contributed by atoms with van der Waals surface area (Å²) in [6.45, 7) is 12.5.